The summed E-state index contributed by atoms with van der Waals surface area (Å²) in [6.45, 7) is 0. The Hall–Kier alpha value is -1.42. The molecule has 0 radical (unpaired) electrons. The molecule has 8 rings (SSSR count). The molecule has 8 nitrogen and oxygen atoms in total. The van der Waals surface area contributed by atoms with Crippen molar-refractivity contribution in [2.24, 2.45) is 0 Å². The normalized spacial score (nSPS) is 31.3. The third-order valence-electron chi connectivity index (χ3n) is 19.6. The SMILES string of the molecule is C.O=C1CCC=CCCCCCCCCCC1.O=C1CCCCCCCCCCC2CCC1O2.OC1CCC=CCCCCCCCCCC1.OC1CCCCCCCCCCC2CCC1O2.OC1CCCCCCCCCCC2OC2CC1. The van der Waals surface area contributed by atoms with E-state index < -0.39 is 0 Å². The molecule has 0 aromatic heterocycles. The summed E-state index contributed by atoms with van der Waals surface area (Å²) in [4.78, 5) is 23.4. The van der Waals surface area contributed by atoms with Crippen LogP contribution in [0.5, 0.6) is 0 Å². The van der Waals surface area contributed by atoms with E-state index in [1.165, 1.54) is 283 Å². The quantitative estimate of drug-likeness (QED) is 0.162. The van der Waals surface area contributed by atoms with Gasteiger partial charge < -0.3 is 29.5 Å². The molecular weight excluding hydrogens is 1040 g/mol. The number of hydrogen-bond donors (Lipinski definition) is 3. The molecule has 0 spiro atoms. The molecule has 3 N–H and O–H groups in total. The highest BCUT2D eigenvalue weighted by Crippen LogP contribution is 2.33. The van der Waals surface area contributed by atoms with E-state index in [9.17, 15) is 24.9 Å². The predicted octanol–water partition coefficient (Wildman–Crippen LogP) is 21.7. The Morgan fingerprint density at radius 3 is 1.18 bits per heavy atom. The first kappa shape index (κ1) is 76.8. The molecular formula is C76H140O8. The number of carbonyl (C=O) groups is 2. The van der Waals surface area contributed by atoms with Crippen molar-refractivity contribution in [2.45, 2.75) is 448 Å². The molecule has 0 amide bonds. The van der Waals surface area contributed by atoms with Gasteiger partial charge in [-0.25, -0.2) is 0 Å². The van der Waals surface area contributed by atoms with Gasteiger partial charge in [-0.05, 0) is 135 Å². The number of carbonyl (C=O) groups excluding carboxylic acids is 2. The van der Waals surface area contributed by atoms with Gasteiger partial charge in [0.05, 0.1) is 48.8 Å². The molecule has 0 aromatic carbocycles. The summed E-state index contributed by atoms with van der Waals surface area (Å²) in [6.07, 6.45) is 84.4. The molecule has 5 saturated heterocycles. The standard InChI is InChI=1S/C15H28O2.C15H26O2.C15H28O2.C15H28O.C15H26O.CH4/c2*16-14-10-8-6-4-2-1-3-5-7-9-13-11-12-15(14)17-13;16-13-9-7-5-3-1-2-4-6-8-10-14-15(17-14)12-11-13;2*16-15-13-11-9-7-5-3-1-2-4-6-8-10-12-14-15;/h13-16H,1-12H2;13,15H,1-12H2;13-16H,1-12H2;7,9,15-16H,1-6,8,10-14H2;7,9H,1-6,8,10-14H2;1H4. The van der Waals surface area contributed by atoms with E-state index in [-0.39, 0.29) is 37.9 Å². The number of Topliss-reactive ketones (excluding diaryl/α,β-unsaturated/α-hetero) is 2. The number of fused-ring (bicyclic) bond motifs is 5. The fourth-order valence-corrected chi connectivity index (χ4v) is 13.8. The number of epoxide rings is 1. The first-order chi connectivity index (χ1) is 40.9. The van der Waals surface area contributed by atoms with Gasteiger partial charge in [-0.3, -0.25) is 9.59 Å². The highest BCUT2D eigenvalue weighted by atomic mass is 16.6. The fourth-order valence-electron chi connectivity index (χ4n) is 13.8. The Morgan fingerprint density at radius 2 is 0.643 bits per heavy atom. The lowest BCUT2D eigenvalue weighted by molar-refractivity contribution is -0.130. The van der Waals surface area contributed by atoms with E-state index >= 15 is 0 Å². The summed E-state index contributed by atoms with van der Waals surface area (Å²) >= 11 is 0. The van der Waals surface area contributed by atoms with Crippen LogP contribution in [-0.2, 0) is 23.8 Å². The molecule has 492 valence electrons. The number of aliphatic hydroxyl groups excluding tert-OH is 3. The average molecular weight is 1180 g/mol. The summed E-state index contributed by atoms with van der Waals surface area (Å²) < 4.78 is 17.5. The van der Waals surface area contributed by atoms with Crippen molar-refractivity contribution in [3.8, 4) is 0 Å². The molecule has 4 bridgehead atoms. The maximum absolute atomic E-state index is 11.9. The lowest BCUT2D eigenvalue weighted by Gasteiger charge is -2.19. The molecule has 5 heterocycles. The van der Waals surface area contributed by atoms with Crippen molar-refractivity contribution in [1.29, 1.82) is 0 Å². The average Bonchev–Trinajstić information content (AvgIpc) is 4.08. The lowest BCUT2D eigenvalue weighted by atomic mass is 10.0. The zero-order valence-corrected chi connectivity index (χ0v) is 54.3. The number of aliphatic hydroxyl groups is 3. The van der Waals surface area contributed by atoms with Gasteiger partial charge in [-0.1, -0.05) is 263 Å². The molecule has 5 aliphatic heterocycles. The fraction of sp³-hybridized carbons (Fsp3) is 0.921. The van der Waals surface area contributed by atoms with Crippen LogP contribution in [0.3, 0.4) is 0 Å². The second kappa shape index (κ2) is 54.5. The number of ether oxygens (including phenoxy) is 3. The summed E-state index contributed by atoms with van der Waals surface area (Å²) in [5.74, 6) is 0.823. The largest absolute Gasteiger partial charge is 0.393 e. The molecule has 8 heteroatoms. The van der Waals surface area contributed by atoms with Gasteiger partial charge in [-0.2, -0.15) is 0 Å². The van der Waals surface area contributed by atoms with Gasteiger partial charge in [0.15, 0.2) is 5.78 Å². The van der Waals surface area contributed by atoms with Crippen LogP contribution in [0, 0.1) is 0 Å². The minimum Gasteiger partial charge on any atom is -0.393 e. The van der Waals surface area contributed by atoms with Crippen molar-refractivity contribution in [3.63, 3.8) is 0 Å². The van der Waals surface area contributed by atoms with Crippen molar-refractivity contribution < 1.29 is 39.1 Å². The van der Waals surface area contributed by atoms with Crippen LogP contribution >= 0.6 is 0 Å². The van der Waals surface area contributed by atoms with E-state index in [4.69, 9.17) is 14.2 Å². The van der Waals surface area contributed by atoms with Crippen LogP contribution in [0.1, 0.15) is 393 Å². The lowest BCUT2D eigenvalue weighted by Crippen LogP contribution is -2.26. The molecule has 9 unspecified atom stereocenters. The molecule has 0 aromatic rings. The zero-order chi connectivity index (χ0) is 58.7. The summed E-state index contributed by atoms with van der Waals surface area (Å²) in [7, 11) is 0. The number of ketones is 2. The predicted molar refractivity (Wildman–Crippen MR) is 356 cm³/mol. The molecule has 8 aliphatic rings. The van der Waals surface area contributed by atoms with Crippen LogP contribution in [-0.4, -0.2) is 81.8 Å². The van der Waals surface area contributed by atoms with E-state index in [1.807, 2.05) is 0 Å². The third kappa shape index (κ3) is 43.3. The molecule has 6 fully saturated rings. The summed E-state index contributed by atoms with van der Waals surface area (Å²) in [6, 6.07) is 0. The van der Waals surface area contributed by atoms with Gasteiger partial charge in [0.1, 0.15) is 11.9 Å². The maximum Gasteiger partial charge on any atom is 0.161 e. The molecule has 84 heavy (non-hydrogen) atoms. The number of allylic oxidation sites excluding steroid dienone is 4. The first-order valence-corrected chi connectivity index (χ1v) is 37.2. The Morgan fingerprint density at radius 1 is 0.274 bits per heavy atom. The van der Waals surface area contributed by atoms with Crippen molar-refractivity contribution >= 4 is 11.6 Å². The molecule has 3 aliphatic carbocycles. The maximum atomic E-state index is 11.9. The highest BCUT2D eigenvalue weighted by Gasteiger charge is 2.37. The van der Waals surface area contributed by atoms with Crippen LogP contribution < -0.4 is 0 Å². The Bertz CT molecular complexity index is 1540. The smallest absolute Gasteiger partial charge is 0.161 e. The van der Waals surface area contributed by atoms with Gasteiger partial charge >= 0.3 is 0 Å². The van der Waals surface area contributed by atoms with Gasteiger partial charge in [0.25, 0.3) is 0 Å². The third-order valence-corrected chi connectivity index (χ3v) is 19.6. The Balaban J connectivity index is 0.000000274. The van der Waals surface area contributed by atoms with E-state index in [0.717, 1.165) is 103 Å². The van der Waals surface area contributed by atoms with Gasteiger partial charge in [0.2, 0.25) is 0 Å². The summed E-state index contributed by atoms with van der Waals surface area (Å²) in [5, 5.41) is 29.7. The topological polar surface area (TPSA) is 126 Å². The Labute approximate surface area is 520 Å². The van der Waals surface area contributed by atoms with Crippen molar-refractivity contribution in [2.75, 3.05) is 0 Å². The van der Waals surface area contributed by atoms with Crippen molar-refractivity contribution in [1.82, 2.24) is 0 Å². The van der Waals surface area contributed by atoms with E-state index in [0.29, 0.717) is 36.0 Å². The monoisotopic (exact) mass is 1180 g/mol. The van der Waals surface area contributed by atoms with Crippen LogP contribution in [0.15, 0.2) is 24.3 Å². The van der Waals surface area contributed by atoms with Crippen LogP contribution in [0.2, 0.25) is 0 Å². The molecule has 1 saturated carbocycles. The zero-order valence-electron chi connectivity index (χ0n) is 54.3. The minimum absolute atomic E-state index is 0. The Kier molecular flexibility index (Phi) is 49.9. The second-order valence-electron chi connectivity index (χ2n) is 27.4. The molecule has 9 atom stereocenters. The second-order valence-corrected chi connectivity index (χ2v) is 27.4. The van der Waals surface area contributed by atoms with Crippen LogP contribution in [0.25, 0.3) is 0 Å². The number of rotatable bonds is 0. The van der Waals surface area contributed by atoms with E-state index in [2.05, 4.69) is 24.3 Å². The highest BCUT2D eigenvalue weighted by molar-refractivity contribution is 5.83. The first-order valence-electron chi connectivity index (χ1n) is 37.2. The minimum atomic E-state index is -0.206. The van der Waals surface area contributed by atoms with Crippen molar-refractivity contribution in [3.05, 3.63) is 24.3 Å². The number of hydrogen-bond acceptors (Lipinski definition) is 8. The van der Waals surface area contributed by atoms with E-state index in [1.54, 1.807) is 0 Å². The van der Waals surface area contributed by atoms with Gasteiger partial charge in [-0.15, -0.1) is 0 Å². The summed E-state index contributed by atoms with van der Waals surface area (Å²) in [5.41, 5.74) is 0. The van der Waals surface area contributed by atoms with Crippen LogP contribution in [0.4, 0.5) is 0 Å². The van der Waals surface area contributed by atoms with Gasteiger partial charge in [0, 0.05) is 19.3 Å².